The van der Waals surface area contributed by atoms with E-state index in [1.165, 1.54) is 19.6 Å². The Morgan fingerprint density at radius 3 is 1.08 bits per heavy atom. The fourth-order valence-electron chi connectivity index (χ4n) is 0.921. The number of rotatable bonds is 5. The van der Waals surface area contributed by atoms with Gasteiger partial charge in [-0.3, -0.25) is 0 Å². The lowest BCUT2D eigenvalue weighted by Gasteiger charge is -2.13. The molecule has 0 radical (unpaired) electrons. The molecule has 0 aliphatic rings. The SMILES string of the molecule is CCN(CC)CC.CCNCC. The van der Waals surface area contributed by atoms with Gasteiger partial charge < -0.3 is 10.2 Å². The van der Waals surface area contributed by atoms with E-state index in [1.54, 1.807) is 0 Å². The van der Waals surface area contributed by atoms with Gasteiger partial charge in [-0.1, -0.05) is 34.6 Å². The van der Waals surface area contributed by atoms with Crippen LogP contribution >= 0.6 is 0 Å². The molecular formula is C10H26N2. The average Bonchev–Trinajstić information content (AvgIpc) is 2.10. The Morgan fingerprint density at radius 2 is 1.08 bits per heavy atom. The predicted molar refractivity (Wildman–Crippen MR) is 57.7 cm³/mol. The number of hydrogen-bond donors (Lipinski definition) is 1. The highest BCUT2D eigenvalue weighted by molar-refractivity contribution is 4.43. The summed E-state index contributed by atoms with van der Waals surface area (Å²) in [4.78, 5) is 2.38. The minimum absolute atomic E-state index is 1.09. The summed E-state index contributed by atoms with van der Waals surface area (Å²) >= 11 is 0. The molecule has 0 aromatic carbocycles. The molecule has 0 aliphatic carbocycles. The van der Waals surface area contributed by atoms with Crippen LogP contribution in [0.5, 0.6) is 0 Å². The van der Waals surface area contributed by atoms with E-state index in [-0.39, 0.29) is 0 Å². The van der Waals surface area contributed by atoms with Crippen LogP contribution in [0.4, 0.5) is 0 Å². The molecule has 0 amide bonds. The van der Waals surface area contributed by atoms with Crippen LogP contribution in [0.15, 0.2) is 0 Å². The largest absolute Gasteiger partial charge is 0.317 e. The summed E-state index contributed by atoms with van der Waals surface area (Å²) in [7, 11) is 0. The number of hydrogen-bond acceptors (Lipinski definition) is 2. The molecule has 0 aromatic rings. The van der Waals surface area contributed by atoms with Crippen molar-refractivity contribution in [1.82, 2.24) is 10.2 Å². The van der Waals surface area contributed by atoms with Crippen molar-refractivity contribution in [2.24, 2.45) is 0 Å². The highest BCUT2D eigenvalue weighted by atomic mass is 15.1. The standard InChI is InChI=1S/C6H15N.C4H11N/c1-4-7(5-2)6-3;1-3-5-4-2/h4-6H2,1-3H3;5H,3-4H2,1-2H3. The molecule has 0 rings (SSSR count). The van der Waals surface area contributed by atoms with Crippen molar-refractivity contribution in [2.45, 2.75) is 34.6 Å². The summed E-state index contributed by atoms with van der Waals surface area (Å²) in [5.74, 6) is 0. The molecule has 0 spiro atoms. The van der Waals surface area contributed by atoms with Gasteiger partial charge in [0.05, 0.1) is 0 Å². The van der Waals surface area contributed by atoms with E-state index in [1.807, 2.05) is 0 Å². The second-order valence-electron chi connectivity index (χ2n) is 2.58. The second-order valence-corrected chi connectivity index (χ2v) is 2.58. The van der Waals surface area contributed by atoms with Gasteiger partial charge in [-0.15, -0.1) is 0 Å². The zero-order chi connectivity index (χ0) is 9.82. The van der Waals surface area contributed by atoms with Crippen LogP contribution in [0.25, 0.3) is 0 Å². The molecule has 0 saturated carbocycles. The second kappa shape index (κ2) is 13.5. The maximum absolute atomic E-state index is 3.11. The van der Waals surface area contributed by atoms with Crippen LogP contribution in [0.3, 0.4) is 0 Å². The Balaban J connectivity index is 0. The van der Waals surface area contributed by atoms with Gasteiger partial charge in [0.2, 0.25) is 0 Å². The minimum Gasteiger partial charge on any atom is -0.317 e. The maximum atomic E-state index is 3.11. The normalized spacial score (nSPS) is 9.50. The molecule has 0 fully saturated rings. The van der Waals surface area contributed by atoms with E-state index in [9.17, 15) is 0 Å². The predicted octanol–water partition coefficient (Wildman–Crippen LogP) is 1.96. The van der Waals surface area contributed by atoms with Crippen molar-refractivity contribution in [3.8, 4) is 0 Å². The first-order chi connectivity index (χ1) is 5.76. The molecule has 0 bridgehead atoms. The average molecular weight is 174 g/mol. The van der Waals surface area contributed by atoms with Gasteiger partial charge in [0.1, 0.15) is 0 Å². The van der Waals surface area contributed by atoms with Crippen molar-refractivity contribution < 1.29 is 0 Å². The zero-order valence-electron chi connectivity index (χ0n) is 9.48. The summed E-state index contributed by atoms with van der Waals surface area (Å²) < 4.78 is 0. The lowest BCUT2D eigenvalue weighted by atomic mass is 10.5. The highest BCUT2D eigenvalue weighted by Crippen LogP contribution is 1.81. The van der Waals surface area contributed by atoms with Crippen LogP contribution in [0.1, 0.15) is 34.6 Å². The quantitative estimate of drug-likeness (QED) is 0.685. The summed E-state index contributed by atoms with van der Waals surface area (Å²) in [6.07, 6.45) is 0. The molecule has 12 heavy (non-hydrogen) atoms. The third-order valence-electron chi connectivity index (χ3n) is 1.84. The minimum atomic E-state index is 1.09. The first-order valence-corrected chi connectivity index (χ1v) is 5.19. The van der Waals surface area contributed by atoms with Gasteiger partial charge in [-0.05, 0) is 32.7 Å². The third kappa shape index (κ3) is 12.6. The monoisotopic (exact) mass is 174 g/mol. The van der Waals surface area contributed by atoms with Crippen molar-refractivity contribution in [3.63, 3.8) is 0 Å². The molecule has 76 valence electrons. The zero-order valence-corrected chi connectivity index (χ0v) is 9.48. The summed E-state index contributed by atoms with van der Waals surface area (Å²) in [6.45, 7) is 16.5. The highest BCUT2D eigenvalue weighted by Gasteiger charge is 1.89. The molecule has 0 atom stereocenters. The lowest BCUT2D eigenvalue weighted by Crippen LogP contribution is -2.21. The molecule has 2 nitrogen and oxygen atoms in total. The molecular weight excluding hydrogens is 148 g/mol. The molecule has 0 aromatic heterocycles. The van der Waals surface area contributed by atoms with E-state index >= 15 is 0 Å². The first-order valence-electron chi connectivity index (χ1n) is 5.19. The molecule has 0 unspecified atom stereocenters. The van der Waals surface area contributed by atoms with Crippen LogP contribution < -0.4 is 5.32 Å². The topological polar surface area (TPSA) is 15.3 Å². The fraction of sp³-hybridized carbons (Fsp3) is 1.00. The molecule has 2 heteroatoms. The summed E-state index contributed by atoms with van der Waals surface area (Å²) in [6, 6.07) is 0. The summed E-state index contributed by atoms with van der Waals surface area (Å²) in [5, 5.41) is 3.11. The Labute approximate surface area is 78.3 Å². The molecule has 0 aliphatic heterocycles. The van der Waals surface area contributed by atoms with Crippen molar-refractivity contribution in [1.29, 1.82) is 0 Å². The van der Waals surface area contributed by atoms with Crippen LogP contribution in [-0.4, -0.2) is 37.6 Å². The molecule has 1 N–H and O–H groups in total. The fourth-order valence-corrected chi connectivity index (χ4v) is 0.921. The van der Waals surface area contributed by atoms with E-state index in [0.29, 0.717) is 0 Å². The van der Waals surface area contributed by atoms with Gasteiger partial charge >= 0.3 is 0 Å². The van der Waals surface area contributed by atoms with Gasteiger partial charge in [0.15, 0.2) is 0 Å². The molecule has 0 heterocycles. The van der Waals surface area contributed by atoms with Crippen LogP contribution in [0, 0.1) is 0 Å². The number of nitrogens with zero attached hydrogens (tertiary/aromatic N) is 1. The van der Waals surface area contributed by atoms with Crippen LogP contribution in [-0.2, 0) is 0 Å². The van der Waals surface area contributed by atoms with Crippen LogP contribution in [0.2, 0.25) is 0 Å². The van der Waals surface area contributed by atoms with Crippen molar-refractivity contribution in [2.75, 3.05) is 32.7 Å². The lowest BCUT2D eigenvalue weighted by molar-refractivity contribution is 0.321. The summed E-state index contributed by atoms with van der Waals surface area (Å²) in [5.41, 5.74) is 0. The smallest absolute Gasteiger partial charge is 0.00474 e. The Hall–Kier alpha value is -0.0800. The maximum Gasteiger partial charge on any atom is -0.00474 e. The van der Waals surface area contributed by atoms with Gasteiger partial charge in [0.25, 0.3) is 0 Å². The first kappa shape index (κ1) is 14.4. The van der Waals surface area contributed by atoms with E-state index in [2.05, 4.69) is 44.8 Å². The van der Waals surface area contributed by atoms with Crippen molar-refractivity contribution in [3.05, 3.63) is 0 Å². The van der Waals surface area contributed by atoms with Gasteiger partial charge in [-0.25, -0.2) is 0 Å². The van der Waals surface area contributed by atoms with E-state index in [4.69, 9.17) is 0 Å². The molecule has 0 saturated heterocycles. The third-order valence-corrected chi connectivity index (χ3v) is 1.84. The Morgan fingerprint density at radius 1 is 0.750 bits per heavy atom. The Kier molecular flexibility index (Phi) is 16.3. The van der Waals surface area contributed by atoms with Crippen molar-refractivity contribution >= 4 is 0 Å². The number of nitrogens with one attached hydrogen (secondary N) is 1. The van der Waals surface area contributed by atoms with Gasteiger partial charge in [0, 0.05) is 0 Å². The van der Waals surface area contributed by atoms with E-state index < -0.39 is 0 Å². The van der Waals surface area contributed by atoms with E-state index in [0.717, 1.165) is 13.1 Å². The van der Waals surface area contributed by atoms with Gasteiger partial charge in [-0.2, -0.15) is 0 Å². The Bertz CT molecular complexity index is 53.3.